The van der Waals surface area contributed by atoms with Gasteiger partial charge in [0, 0.05) is 12.8 Å². The molecule has 0 aliphatic rings. The summed E-state index contributed by atoms with van der Waals surface area (Å²) in [7, 11) is 5.75. The van der Waals surface area contributed by atoms with Gasteiger partial charge in [0.05, 0.1) is 0 Å². The normalized spacial score (nSPS) is 7.95. The van der Waals surface area contributed by atoms with Crippen molar-refractivity contribution in [3.05, 3.63) is 30.3 Å². The molecule has 0 heterocycles. The van der Waals surface area contributed by atoms with Gasteiger partial charge in [-0.2, -0.15) is 0 Å². The van der Waals surface area contributed by atoms with E-state index in [4.69, 9.17) is 21.1 Å². The summed E-state index contributed by atoms with van der Waals surface area (Å²) in [4.78, 5) is 10.6. The predicted octanol–water partition coefficient (Wildman–Crippen LogP) is 2.73. The van der Waals surface area contributed by atoms with Gasteiger partial charge in [-0.1, -0.05) is 0 Å². The summed E-state index contributed by atoms with van der Waals surface area (Å²) in [5, 5.41) is 0. The molecule has 0 bridgehead atoms. The summed E-state index contributed by atoms with van der Waals surface area (Å²) >= 11 is -1.07. The van der Waals surface area contributed by atoms with E-state index in [9.17, 15) is 4.79 Å². The second kappa shape index (κ2) is 14.2. The van der Waals surface area contributed by atoms with Crippen molar-refractivity contribution < 1.29 is 37.6 Å². The van der Waals surface area contributed by atoms with Crippen LogP contribution in [0, 0.1) is 24.7 Å². The monoisotopic (exact) mass is 480 g/mol. The van der Waals surface area contributed by atoms with Gasteiger partial charge in [0.1, 0.15) is 13.2 Å². The van der Waals surface area contributed by atoms with E-state index in [1.807, 2.05) is 18.2 Å². The van der Waals surface area contributed by atoms with E-state index < -0.39 is 29.5 Å². The van der Waals surface area contributed by atoms with Crippen LogP contribution in [0.5, 0.6) is 0 Å². The molecule has 0 saturated carbocycles. The van der Waals surface area contributed by atoms with E-state index in [0.29, 0.717) is 12.8 Å². The molecule has 1 aromatic rings. The molecule has 20 heavy (non-hydrogen) atoms. The SMILES string of the molecule is C#CCCOC(=O)OCCC#C.[Cl][Hg][c]1ccccc1. The zero-order chi connectivity index (χ0) is 15.1. The molecule has 0 N–H and O–H groups in total. The number of ether oxygens (including phenoxy) is 2. The summed E-state index contributed by atoms with van der Waals surface area (Å²) in [5.74, 6) is 4.65. The molecule has 0 spiro atoms. The molecule has 0 amide bonds. The standard InChI is InChI=1S/C9H10O3.C6H5.ClH.Hg/c1-3-5-7-11-9(10)12-8-6-4-2;1-2-4-6-5-3-1;;/h1-2H,5-8H2;1-5H;1H;/q;;;+1/p-1. The maximum absolute atomic E-state index is 10.6. The van der Waals surface area contributed by atoms with Gasteiger partial charge in [0.15, 0.2) is 0 Å². The van der Waals surface area contributed by atoms with Gasteiger partial charge >= 0.3 is 71.1 Å². The molecule has 0 aromatic heterocycles. The third-order valence-electron chi connectivity index (χ3n) is 1.93. The fourth-order valence-electron chi connectivity index (χ4n) is 0.995. The van der Waals surface area contributed by atoms with E-state index in [1.54, 1.807) is 0 Å². The van der Waals surface area contributed by atoms with E-state index >= 15 is 0 Å². The van der Waals surface area contributed by atoms with E-state index in [1.165, 1.54) is 3.07 Å². The van der Waals surface area contributed by atoms with Crippen molar-refractivity contribution in [2.24, 2.45) is 0 Å². The number of terminal acetylenes is 2. The molecule has 102 valence electrons. The van der Waals surface area contributed by atoms with Crippen molar-refractivity contribution in [2.45, 2.75) is 12.8 Å². The molecule has 0 radical (unpaired) electrons. The molecule has 3 nitrogen and oxygen atoms in total. The fraction of sp³-hybridized carbons (Fsp3) is 0.267. The Kier molecular flexibility index (Phi) is 13.4. The first-order valence-corrected chi connectivity index (χ1v) is 15.5. The Morgan fingerprint density at radius 3 is 1.95 bits per heavy atom. The minimum atomic E-state index is -1.07. The van der Waals surface area contributed by atoms with Crippen LogP contribution in [-0.4, -0.2) is 19.4 Å². The van der Waals surface area contributed by atoms with Crippen LogP contribution in [0.1, 0.15) is 12.8 Å². The first-order chi connectivity index (χ1) is 9.74. The molecule has 5 heteroatoms. The van der Waals surface area contributed by atoms with Gasteiger partial charge in [0.2, 0.25) is 0 Å². The van der Waals surface area contributed by atoms with Gasteiger partial charge in [-0.3, -0.25) is 0 Å². The van der Waals surface area contributed by atoms with Crippen molar-refractivity contribution >= 4 is 17.5 Å². The van der Waals surface area contributed by atoms with Crippen LogP contribution in [-0.2, 0) is 32.8 Å². The number of benzene rings is 1. The third kappa shape index (κ3) is 11.9. The van der Waals surface area contributed by atoms with Gasteiger partial charge in [-0.05, 0) is 0 Å². The number of carbonyl (C=O) groups excluding carboxylic acids is 1. The summed E-state index contributed by atoms with van der Waals surface area (Å²) in [6.07, 6.45) is 9.92. The van der Waals surface area contributed by atoms with Crippen LogP contribution >= 0.6 is 8.25 Å². The molecule has 1 aromatic carbocycles. The molecule has 1 rings (SSSR count). The van der Waals surface area contributed by atoms with E-state index in [2.05, 4.69) is 33.4 Å². The Balaban J connectivity index is 0.000000388. The van der Waals surface area contributed by atoms with Crippen molar-refractivity contribution in [3.8, 4) is 24.7 Å². The number of hydrogen-bond acceptors (Lipinski definition) is 3. The topological polar surface area (TPSA) is 35.5 Å². The average molecular weight is 479 g/mol. The third-order valence-corrected chi connectivity index (χ3v) is 7.67. The van der Waals surface area contributed by atoms with Crippen molar-refractivity contribution in [2.75, 3.05) is 13.2 Å². The number of halogens is 1. The fourth-order valence-corrected chi connectivity index (χ4v) is 4.31. The Bertz CT molecular complexity index is 426. The summed E-state index contributed by atoms with van der Waals surface area (Å²) in [6, 6.07) is 10.3. The first-order valence-electron chi connectivity index (χ1n) is 6.01. The Morgan fingerprint density at radius 2 is 1.60 bits per heavy atom. The zero-order valence-corrected chi connectivity index (χ0v) is 17.4. The number of rotatable bonds is 5. The Morgan fingerprint density at radius 1 is 1.10 bits per heavy atom. The van der Waals surface area contributed by atoms with Crippen LogP contribution in [0.15, 0.2) is 30.3 Å². The minimum absolute atomic E-state index is 0.186. The van der Waals surface area contributed by atoms with Gasteiger partial charge < -0.3 is 9.47 Å². The van der Waals surface area contributed by atoms with Gasteiger partial charge in [-0.25, -0.2) is 4.79 Å². The van der Waals surface area contributed by atoms with Crippen LogP contribution in [0.2, 0.25) is 0 Å². The first kappa shape index (κ1) is 18.8. The molecule has 0 saturated heterocycles. The summed E-state index contributed by atoms with van der Waals surface area (Å²) < 4.78 is 10.5. The second-order valence-corrected chi connectivity index (χ2v) is 10.0. The van der Waals surface area contributed by atoms with Crippen LogP contribution < -0.4 is 3.07 Å². The molecular formula is C15H15ClHgO3. The van der Waals surface area contributed by atoms with Crippen LogP contribution in [0.4, 0.5) is 4.79 Å². The van der Waals surface area contributed by atoms with Crippen LogP contribution in [0.3, 0.4) is 0 Å². The van der Waals surface area contributed by atoms with E-state index in [0.717, 1.165) is 0 Å². The van der Waals surface area contributed by atoms with Crippen molar-refractivity contribution in [1.82, 2.24) is 0 Å². The number of hydrogen-bond donors (Lipinski definition) is 0. The molecule has 0 aliphatic carbocycles. The second-order valence-electron chi connectivity index (χ2n) is 3.47. The average Bonchev–Trinajstić information content (AvgIpc) is 2.49. The van der Waals surface area contributed by atoms with Crippen molar-refractivity contribution in [3.63, 3.8) is 0 Å². The molecular weight excluding hydrogens is 464 g/mol. The van der Waals surface area contributed by atoms with E-state index in [-0.39, 0.29) is 13.2 Å². The van der Waals surface area contributed by atoms with Gasteiger partial charge in [-0.15, -0.1) is 24.7 Å². The molecule has 0 fully saturated rings. The molecule has 0 aliphatic heterocycles. The molecule has 0 atom stereocenters. The summed E-state index contributed by atoms with van der Waals surface area (Å²) in [6.45, 7) is 0.372. The summed E-state index contributed by atoms with van der Waals surface area (Å²) in [5.41, 5.74) is 0. The molecule has 0 unspecified atom stereocenters. The Labute approximate surface area is 135 Å². The number of carbonyl (C=O) groups is 1. The zero-order valence-electron chi connectivity index (χ0n) is 11.2. The van der Waals surface area contributed by atoms with Gasteiger partial charge in [0.25, 0.3) is 0 Å². The maximum atomic E-state index is 10.6. The quantitative estimate of drug-likeness (QED) is 0.282. The predicted molar refractivity (Wildman–Crippen MR) is 76.1 cm³/mol. The Hall–Kier alpha value is -1.16. The van der Waals surface area contributed by atoms with Crippen molar-refractivity contribution in [1.29, 1.82) is 0 Å². The van der Waals surface area contributed by atoms with Crippen LogP contribution in [0.25, 0.3) is 0 Å².